The molecule has 1 amide bonds. The molecule has 0 N–H and O–H groups in total. The number of piperazine rings is 2. The Labute approximate surface area is 187 Å². The van der Waals surface area contributed by atoms with Gasteiger partial charge in [-0.3, -0.25) is 4.79 Å². The van der Waals surface area contributed by atoms with E-state index in [0.29, 0.717) is 43.3 Å². The van der Waals surface area contributed by atoms with Crippen molar-refractivity contribution in [3.05, 3.63) is 42.4 Å². The molecule has 5 rings (SSSR count). The summed E-state index contributed by atoms with van der Waals surface area (Å²) < 4.78 is 11.2. The molecule has 2 aliphatic rings. The summed E-state index contributed by atoms with van der Waals surface area (Å²) in [6, 6.07) is 9.50. The molecule has 9 nitrogen and oxygen atoms in total. The molecule has 2 fully saturated rings. The highest BCUT2D eigenvalue weighted by molar-refractivity contribution is 5.97. The number of hydrogen-bond donors (Lipinski definition) is 0. The number of carbonyl (C=O) groups is 1. The van der Waals surface area contributed by atoms with Gasteiger partial charge in [-0.15, -0.1) is 0 Å². The highest BCUT2D eigenvalue weighted by Crippen LogP contribution is 2.29. The minimum Gasteiger partial charge on any atom is -0.493 e. The maximum atomic E-state index is 13.0. The van der Waals surface area contributed by atoms with Crippen LogP contribution in [0.4, 0.5) is 11.6 Å². The van der Waals surface area contributed by atoms with E-state index in [1.54, 1.807) is 19.5 Å². The minimum absolute atomic E-state index is 0.0938. The van der Waals surface area contributed by atoms with Gasteiger partial charge in [0.15, 0.2) is 17.1 Å². The third-order valence-corrected chi connectivity index (χ3v) is 6.30. The first kappa shape index (κ1) is 20.6. The molecule has 0 atom stereocenters. The number of rotatable bonds is 4. The second-order valence-corrected chi connectivity index (χ2v) is 8.29. The molecular weight excluding hydrogens is 408 g/mol. The van der Waals surface area contributed by atoms with Crippen molar-refractivity contribution in [3.63, 3.8) is 0 Å². The molecule has 2 saturated heterocycles. The van der Waals surface area contributed by atoms with Gasteiger partial charge in [-0.2, -0.15) is 0 Å². The molecule has 1 aromatic carbocycles. The van der Waals surface area contributed by atoms with E-state index in [4.69, 9.17) is 9.15 Å². The van der Waals surface area contributed by atoms with Crippen molar-refractivity contribution >= 4 is 28.5 Å². The summed E-state index contributed by atoms with van der Waals surface area (Å²) in [5.41, 5.74) is 0.606. The van der Waals surface area contributed by atoms with Crippen LogP contribution in [0, 0.1) is 0 Å². The van der Waals surface area contributed by atoms with Crippen molar-refractivity contribution < 1.29 is 13.9 Å². The van der Waals surface area contributed by atoms with E-state index in [-0.39, 0.29) is 5.91 Å². The van der Waals surface area contributed by atoms with Crippen molar-refractivity contribution in [2.24, 2.45) is 0 Å². The van der Waals surface area contributed by atoms with Crippen LogP contribution in [-0.4, -0.2) is 92.2 Å². The molecule has 168 valence electrons. The fourth-order valence-electron chi connectivity index (χ4n) is 4.32. The summed E-state index contributed by atoms with van der Waals surface area (Å²) in [5, 5.41) is 0.865. The quantitative estimate of drug-likeness (QED) is 0.614. The minimum atomic E-state index is -0.0938. The van der Waals surface area contributed by atoms with Crippen LogP contribution in [0.2, 0.25) is 0 Å². The lowest BCUT2D eigenvalue weighted by Crippen LogP contribution is -2.49. The zero-order chi connectivity index (χ0) is 22.1. The van der Waals surface area contributed by atoms with E-state index < -0.39 is 0 Å². The Morgan fingerprint density at radius 1 is 0.938 bits per heavy atom. The number of fused-ring (bicyclic) bond motifs is 1. The second-order valence-electron chi connectivity index (χ2n) is 8.29. The van der Waals surface area contributed by atoms with Gasteiger partial charge < -0.3 is 28.8 Å². The predicted octanol–water partition coefficient (Wildman–Crippen LogP) is 1.95. The van der Waals surface area contributed by atoms with Crippen LogP contribution in [0.5, 0.6) is 5.75 Å². The Bertz CT molecular complexity index is 1100. The number of nitrogens with zero attached hydrogens (tertiary/aromatic N) is 6. The number of para-hydroxylation sites is 1. The molecule has 0 unspecified atom stereocenters. The number of hydrogen-bond acceptors (Lipinski definition) is 8. The molecular formula is C23H28N6O3. The first-order chi connectivity index (χ1) is 15.6. The van der Waals surface area contributed by atoms with Crippen LogP contribution in [0.1, 0.15) is 10.6 Å². The third-order valence-electron chi connectivity index (χ3n) is 6.30. The lowest BCUT2D eigenvalue weighted by atomic mass is 10.2. The van der Waals surface area contributed by atoms with Gasteiger partial charge in [0.25, 0.3) is 5.91 Å². The Balaban J connectivity index is 1.24. The van der Waals surface area contributed by atoms with Gasteiger partial charge in [-0.05, 0) is 19.2 Å². The largest absolute Gasteiger partial charge is 0.493 e. The molecule has 0 aliphatic carbocycles. The standard InChI is InChI=1S/C23H28N6O3/c1-26-6-8-27(9-7-26)20-15-21(25-16-24-20)28-10-12-29(13-11-28)23(30)19-14-17-4-3-5-18(31-2)22(17)32-19/h3-5,14-16H,6-13H2,1-2H3. The number of amides is 1. The van der Waals surface area contributed by atoms with E-state index in [1.807, 2.05) is 23.1 Å². The number of furan rings is 1. The second kappa shape index (κ2) is 8.66. The molecule has 0 bridgehead atoms. The number of methoxy groups -OCH3 is 1. The van der Waals surface area contributed by atoms with Crippen LogP contribution >= 0.6 is 0 Å². The number of aromatic nitrogens is 2. The molecule has 9 heteroatoms. The van der Waals surface area contributed by atoms with Crippen molar-refractivity contribution in [1.29, 1.82) is 0 Å². The molecule has 0 radical (unpaired) electrons. The normalized spacial score (nSPS) is 17.8. The Morgan fingerprint density at radius 2 is 1.59 bits per heavy atom. The Morgan fingerprint density at radius 3 is 2.25 bits per heavy atom. The smallest absolute Gasteiger partial charge is 0.289 e. The summed E-state index contributed by atoms with van der Waals surface area (Å²) in [5.74, 6) is 2.76. The zero-order valence-electron chi connectivity index (χ0n) is 18.5. The van der Waals surface area contributed by atoms with E-state index in [1.165, 1.54) is 0 Å². The molecule has 0 spiro atoms. The number of anilines is 2. The van der Waals surface area contributed by atoms with Crippen LogP contribution < -0.4 is 14.5 Å². The third kappa shape index (κ3) is 3.95. The van der Waals surface area contributed by atoms with Gasteiger partial charge in [0.05, 0.1) is 7.11 Å². The Hall–Kier alpha value is -3.33. The van der Waals surface area contributed by atoms with E-state index >= 15 is 0 Å². The van der Waals surface area contributed by atoms with Gasteiger partial charge in [-0.1, -0.05) is 12.1 Å². The highest BCUT2D eigenvalue weighted by Gasteiger charge is 2.26. The molecule has 2 aliphatic heterocycles. The lowest BCUT2D eigenvalue weighted by molar-refractivity contribution is 0.0716. The van der Waals surface area contributed by atoms with Gasteiger partial charge in [0, 0.05) is 63.8 Å². The zero-order valence-corrected chi connectivity index (χ0v) is 18.5. The molecule has 4 heterocycles. The molecule has 32 heavy (non-hydrogen) atoms. The maximum absolute atomic E-state index is 13.0. The van der Waals surface area contributed by atoms with Crippen molar-refractivity contribution in [2.45, 2.75) is 0 Å². The van der Waals surface area contributed by atoms with Crippen LogP contribution in [0.15, 0.2) is 41.1 Å². The van der Waals surface area contributed by atoms with E-state index in [0.717, 1.165) is 43.2 Å². The van der Waals surface area contributed by atoms with E-state index in [2.05, 4.69) is 37.8 Å². The summed E-state index contributed by atoms with van der Waals surface area (Å²) in [7, 11) is 3.74. The van der Waals surface area contributed by atoms with Gasteiger partial charge in [0.1, 0.15) is 18.0 Å². The number of ether oxygens (including phenoxy) is 1. The average Bonchev–Trinajstić information content (AvgIpc) is 3.29. The topological polar surface area (TPSA) is 78.2 Å². The summed E-state index contributed by atoms with van der Waals surface area (Å²) in [6.07, 6.45) is 1.64. The average molecular weight is 437 g/mol. The van der Waals surface area contributed by atoms with Gasteiger partial charge in [0.2, 0.25) is 0 Å². The molecule has 3 aromatic rings. The molecule has 2 aromatic heterocycles. The SMILES string of the molecule is COc1cccc2cc(C(=O)N3CCN(c4cc(N5CCN(C)CC5)ncn4)CC3)oc12. The van der Waals surface area contributed by atoms with Crippen LogP contribution in [0.25, 0.3) is 11.0 Å². The first-order valence-corrected chi connectivity index (χ1v) is 11.0. The van der Waals surface area contributed by atoms with Gasteiger partial charge in [-0.25, -0.2) is 9.97 Å². The first-order valence-electron chi connectivity index (χ1n) is 11.0. The monoisotopic (exact) mass is 436 g/mol. The predicted molar refractivity (Wildman–Crippen MR) is 123 cm³/mol. The van der Waals surface area contributed by atoms with Crippen LogP contribution in [-0.2, 0) is 0 Å². The van der Waals surface area contributed by atoms with Crippen molar-refractivity contribution in [2.75, 3.05) is 76.3 Å². The van der Waals surface area contributed by atoms with Crippen molar-refractivity contribution in [1.82, 2.24) is 19.8 Å². The van der Waals surface area contributed by atoms with Gasteiger partial charge >= 0.3 is 0 Å². The maximum Gasteiger partial charge on any atom is 0.289 e. The summed E-state index contributed by atoms with van der Waals surface area (Å²) >= 11 is 0. The van der Waals surface area contributed by atoms with E-state index in [9.17, 15) is 4.79 Å². The van der Waals surface area contributed by atoms with Crippen molar-refractivity contribution in [3.8, 4) is 5.75 Å². The number of carbonyl (C=O) groups excluding carboxylic acids is 1. The molecule has 0 saturated carbocycles. The number of benzene rings is 1. The summed E-state index contributed by atoms with van der Waals surface area (Å²) in [4.78, 5) is 30.7. The summed E-state index contributed by atoms with van der Waals surface area (Å²) in [6.45, 7) is 6.67. The fraction of sp³-hybridized carbons (Fsp3) is 0.435. The number of likely N-dealkylation sites (N-methyl/N-ethyl adjacent to an activating group) is 1. The fourth-order valence-corrected chi connectivity index (χ4v) is 4.32. The van der Waals surface area contributed by atoms with Crippen LogP contribution in [0.3, 0.4) is 0 Å². The highest BCUT2D eigenvalue weighted by atomic mass is 16.5. The Kier molecular flexibility index (Phi) is 5.57. The lowest BCUT2D eigenvalue weighted by Gasteiger charge is -2.36.